The SMILES string of the molecule is C=C(C(=O)OCC(O)CO)C(O)c1cccnc1. The Morgan fingerprint density at radius 3 is 2.78 bits per heavy atom. The molecule has 1 aromatic rings. The maximum atomic E-state index is 11.5. The van der Waals surface area contributed by atoms with E-state index in [1.54, 1.807) is 12.1 Å². The maximum Gasteiger partial charge on any atom is 0.336 e. The summed E-state index contributed by atoms with van der Waals surface area (Å²) in [4.78, 5) is 15.3. The van der Waals surface area contributed by atoms with E-state index in [-0.39, 0.29) is 12.2 Å². The Bertz CT molecular complexity index is 406. The first-order valence-electron chi connectivity index (χ1n) is 5.29. The molecule has 0 bridgehead atoms. The second-order valence-corrected chi connectivity index (χ2v) is 3.65. The lowest BCUT2D eigenvalue weighted by molar-refractivity contribution is -0.143. The van der Waals surface area contributed by atoms with Gasteiger partial charge in [0.25, 0.3) is 0 Å². The number of aromatic nitrogens is 1. The van der Waals surface area contributed by atoms with Crippen molar-refractivity contribution in [2.24, 2.45) is 0 Å². The third kappa shape index (κ3) is 3.92. The second-order valence-electron chi connectivity index (χ2n) is 3.65. The average Bonchev–Trinajstić information content (AvgIpc) is 2.43. The molecular formula is C12H15NO5. The first kappa shape index (κ1) is 14.3. The van der Waals surface area contributed by atoms with Crippen molar-refractivity contribution in [3.05, 3.63) is 42.2 Å². The number of carbonyl (C=O) groups is 1. The van der Waals surface area contributed by atoms with Crippen LogP contribution in [-0.4, -0.2) is 45.6 Å². The van der Waals surface area contributed by atoms with Gasteiger partial charge in [0.1, 0.15) is 18.8 Å². The predicted octanol–water partition coefficient (Wildman–Crippen LogP) is -0.432. The van der Waals surface area contributed by atoms with Crippen molar-refractivity contribution in [1.29, 1.82) is 0 Å². The van der Waals surface area contributed by atoms with E-state index in [0.29, 0.717) is 5.56 Å². The van der Waals surface area contributed by atoms with Gasteiger partial charge in [-0.05, 0) is 6.07 Å². The van der Waals surface area contributed by atoms with Gasteiger partial charge < -0.3 is 20.1 Å². The molecule has 0 aliphatic heterocycles. The minimum absolute atomic E-state index is 0.159. The fourth-order valence-electron chi connectivity index (χ4n) is 1.17. The van der Waals surface area contributed by atoms with Gasteiger partial charge in [-0.3, -0.25) is 4.98 Å². The zero-order valence-electron chi connectivity index (χ0n) is 9.69. The third-order valence-electron chi connectivity index (χ3n) is 2.21. The summed E-state index contributed by atoms with van der Waals surface area (Å²) < 4.78 is 4.67. The Morgan fingerprint density at radius 1 is 1.50 bits per heavy atom. The van der Waals surface area contributed by atoms with Crippen molar-refractivity contribution < 1.29 is 24.9 Å². The first-order valence-corrected chi connectivity index (χ1v) is 5.29. The molecule has 98 valence electrons. The summed E-state index contributed by atoms with van der Waals surface area (Å²) in [6.07, 6.45) is 0.593. The highest BCUT2D eigenvalue weighted by Crippen LogP contribution is 2.20. The number of nitrogens with zero attached hydrogens (tertiary/aromatic N) is 1. The molecule has 6 heteroatoms. The summed E-state index contributed by atoms with van der Waals surface area (Å²) in [6.45, 7) is 2.58. The van der Waals surface area contributed by atoms with E-state index in [1.807, 2.05) is 0 Å². The van der Waals surface area contributed by atoms with Crippen LogP contribution in [0.25, 0.3) is 0 Å². The molecule has 2 unspecified atom stereocenters. The molecular weight excluding hydrogens is 238 g/mol. The predicted molar refractivity (Wildman–Crippen MR) is 62.4 cm³/mol. The molecule has 0 spiro atoms. The van der Waals surface area contributed by atoms with Crippen molar-refractivity contribution in [2.45, 2.75) is 12.2 Å². The van der Waals surface area contributed by atoms with E-state index in [9.17, 15) is 9.90 Å². The van der Waals surface area contributed by atoms with Crippen molar-refractivity contribution >= 4 is 5.97 Å². The van der Waals surface area contributed by atoms with Gasteiger partial charge >= 0.3 is 5.97 Å². The zero-order chi connectivity index (χ0) is 13.5. The summed E-state index contributed by atoms with van der Waals surface area (Å²) in [5, 5.41) is 27.4. The van der Waals surface area contributed by atoms with Crippen molar-refractivity contribution in [2.75, 3.05) is 13.2 Å². The highest BCUT2D eigenvalue weighted by atomic mass is 16.5. The van der Waals surface area contributed by atoms with E-state index < -0.39 is 24.8 Å². The molecule has 1 aromatic heterocycles. The third-order valence-corrected chi connectivity index (χ3v) is 2.21. The second kappa shape index (κ2) is 6.85. The van der Waals surface area contributed by atoms with Crippen molar-refractivity contribution in [1.82, 2.24) is 4.98 Å². The van der Waals surface area contributed by atoms with Crippen LogP contribution < -0.4 is 0 Å². The van der Waals surface area contributed by atoms with Gasteiger partial charge in [-0.2, -0.15) is 0 Å². The van der Waals surface area contributed by atoms with Gasteiger partial charge in [0.2, 0.25) is 0 Å². The quantitative estimate of drug-likeness (QED) is 0.470. The van der Waals surface area contributed by atoms with Crippen LogP contribution in [0.1, 0.15) is 11.7 Å². The molecule has 0 aliphatic rings. The number of rotatable bonds is 6. The summed E-state index contributed by atoms with van der Waals surface area (Å²) in [7, 11) is 0. The van der Waals surface area contributed by atoms with Crippen LogP contribution in [0.3, 0.4) is 0 Å². The summed E-state index contributed by atoms with van der Waals surface area (Å²) in [6, 6.07) is 3.21. The first-order chi connectivity index (χ1) is 8.56. The van der Waals surface area contributed by atoms with E-state index in [2.05, 4.69) is 16.3 Å². The monoisotopic (exact) mass is 253 g/mol. The van der Waals surface area contributed by atoms with Gasteiger partial charge in [0.05, 0.1) is 12.2 Å². The number of carbonyl (C=O) groups excluding carboxylic acids is 1. The Hall–Kier alpha value is -1.76. The summed E-state index contributed by atoms with van der Waals surface area (Å²) in [5.74, 6) is -0.834. The molecule has 1 rings (SSSR count). The van der Waals surface area contributed by atoms with Crippen LogP contribution in [0, 0.1) is 0 Å². The molecule has 0 radical (unpaired) electrons. The molecule has 0 saturated carbocycles. The number of hydrogen-bond donors (Lipinski definition) is 3. The smallest absolute Gasteiger partial charge is 0.336 e. The van der Waals surface area contributed by atoms with Crippen molar-refractivity contribution in [3.63, 3.8) is 0 Å². The minimum atomic E-state index is -1.21. The van der Waals surface area contributed by atoms with Gasteiger partial charge in [-0.15, -0.1) is 0 Å². The number of aliphatic hydroxyl groups is 3. The Morgan fingerprint density at radius 2 is 2.22 bits per heavy atom. The van der Waals surface area contributed by atoms with Crippen LogP contribution in [-0.2, 0) is 9.53 Å². The Labute approximate surface area is 104 Å². The molecule has 0 amide bonds. The highest BCUT2D eigenvalue weighted by Gasteiger charge is 2.20. The van der Waals surface area contributed by atoms with E-state index in [4.69, 9.17) is 10.2 Å². The number of hydrogen-bond acceptors (Lipinski definition) is 6. The molecule has 2 atom stereocenters. The van der Waals surface area contributed by atoms with Gasteiger partial charge in [-0.25, -0.2) is 4.79 Å². The van der Waals surface area contributed by atoms with Gasteiger partial charge in [-0.1, -0.05) is 12.6 Å². The molecule has 0 aromatic carbocycles. The molecule has 0 aliphatic carbocycles. The summed E-state index contributed by atoms with van der Waals surface area (Å²) >= 11 is 0. The number of aliphatic hydroxyl groups excluding tert-OH is 3. The van der Waals surface area contributed by atoms with Crippen molar-refractivity contribution in [3.8, 4) is 0 Å². The lowest BCUT2D eigenvalue weighted by Gasteiger charge is -2.14. The lowest BCUT2D eigenvalue weighted by atomic mass is 10.1. The molecule has 3 N–H and O–H groups in total. The summed E-state index contributed by atoms with van der Waals surface area (Å²) in [5.41, 5.74) is 0.260. The van der Waals surface area contributed by atoms with E-state index >= 15 is 0 Å². The molecule has 1 heterocycles. The fourth-order valence-corrected chi connectivity index (χ4v) is 1.17. The van der Waals surface area contributed by atoms with Crippen LogP contribution in [0.4, 0.5) is 0 Å². The molecule has 6 nitrogen and oxygen atoms in total. The molecule has 0 saturated heterocycles. The number of esters is 1. The minimum Gasteiger partial charge on any atom is -0.459 e. The average molecular weight is 253 g/mol. The van der Waals surface area contributed by atoms with Crippen LogP contribution >= 0.6 is 0 Å². The Balaban J connectivity index is 2.56. The van der Waals surface area contributed by atoms with Crippen LogP contribution in [0.5, 0.6) is 0 Å². The molecule has 0 fully saturated rings. The Kier molecular flexibility index (Phi) is 5.44. The largest absolute Gasteiger partial charge is 0.459 e. The highest BCUT2D eigenvalue weighted by molar-refractivity contribution is 5.89. The lowest BCUT2D eigenvalue weighted by Crippen LogP contribution is -2.23. The topological polar surface area (TPSA) is 99.9 Å². The number of pyridine rings is 1. The van der Waals surface area contributed by atoms with Gasteiger partial charge in [0.15, 0.2) is 0 Å². The maximum absolute atomic E-state index is 11.5. The van der Waals surface area contributed by atoms with E-state index in [1.165, 1.54) is 12.4 Å². The number of ether oxygens (including phenoxy) is 1. The normalized spacial score (nSPS) is 13.7. The van der Waals surface area contributed by atoms with Crippen LogP contribution in [0.15, 0.2) is 36.7 Å². The van der Waals surface area contributed by atoms with Crippen LogP contribution in [0.2, 0.25) is 0 Å². The molecule has 18 heavy (non-hydrogen) atoms. The fraction of sp³-hybridized carbons (Fsp3) is 0.333. The van der Waals surface area contributed by atoms with E-state index in [0.717, 1.165) is 0 Å². The zero-order valence-corrected chi connectivity index (χ0v) is 9.69. The van der Waals surface area contributed by atoms with Gasteiger partial charge in [0, 0.05) is 18.0 Å². The standard InChI is InChI=1S/C12H15NO5/c1-8(12(17)18-7-10(15)6-14)11(16)9-3-2-4-13-5-9/h2-5,10-11,14-16H,1,6-7H2.